The van der Waals surface area contributed by atoms with Crippen molar-refractivity contribution in [2.75, 3.05) is 45.1 Å². The van der Waals surface area contributed by atoms with Crippen LogP contribution in [0.2, 0.25) is 10.0 Å². The molecule has 0 amide bonds. The highest BCUT2D eigenvalue weighted by Crippen LogP contribution is 2.45. The first-order valence-corrected chi connectivity index (χ1v) is 15.8. The fourth-order valence-electron chi connectivity index (χ4n) is 5.72. The van der Waals surface area contributed by atoms with Gasteiger partial charge in [-0.2, -0.15) is 5.10 Å². The highest BCUT2D eigenvalue weighted by atomic mass is 35.5. The lowest BCUT2D eigenvalue weighted by atomic mass is 9.95. The first-order chi connectivity index (χ1) is 20.5. The van der Waals surface area contributed by atoms with E-state index in [-0.39, 0.29) is 0 Å². The van der Waals surface area contributed by atoms with Crippen molar-refractivity contribution in [3.63, 3.8) is 0 Å². The second kappa shape index (κ2) is 11.8. The molecule has 1 fully saturated rings. The number of aromatic nitrogens is 4. The Morgan fingerprint density at radius 1 is 0.976 bits per heavy atom. The minimum atomic E-state index is 0.408. The van der Waals surface area contributed by atoms with Gasteiger partial charge < -0.3 is 15.0 Å². The van der Waals surface area contributed by atoms with Gasteiger partial charge in [-0.3, -0.25) is 9.58 Å². The van der Waals surface area contributed by atoms with Crippen molar-refractivity contribution in [1.82, 2.24) is 29.5 Å². The van der Waals surface area contributed by atoms with E-state index in [0.29, 0.717) is 22.4 Å². The van der Waals surface area contributed by atoms with Gasteiger partial charge in [-0.05, 0) is 61.3 Å². The van der Waals surface area contributed by atoms with E-state index < -0.39 is 0 Å². The van der Waals surface area contributed by atoms with Gasteiger partial charge in [0.15, 0.2) is 0 Å². The minimum Gasteiger partial charge on any atom is -0.487 e. The first kappa shape index (κ1) is 27.6. The van der Waals surface area contributed by atoms with Crippen LogP contribution < -0.4 is 10.1 Å². The number of nitrogens with one attached hydrogen (secondary N) is 1. The number of halogens is 2. The molecule has 1 aliphatic carbocycles. The Morgan fingerprint density at radius 2 is 1.81 bits per heavy atom. The summed E-state index contributed by atoms with van der Waals surface area (Å²) in [6.45, 7) is 6.88. The number of benzene rings is 2. The summed E-state index contributed by atoms with van der Waals surface area (Å²) < 4.78 is 8.16. The number of piperazine rings is 1. The van der Waals surface area contributed by atoms with E-state index >= 15 is 0 Å². The number of hydrogen-bond acceptors (Lipinski definition) is 8. The molecule has 1 aliphatic heterocycles. The summed E-state index contributed by atoms with van der Waals surface area (Å²) in [5, 5.41) is 10.6. The number of anilines is 2. The molecule has 0 unspecified atom stereocenters. The molecule has 0 spiro atoms. The number of hydrogen-bond donors (Lipinski definition) is 1. The summed E-state index contributed by atoms with van der Waals surface area (Å²) >= 11 is 14.3. The zero-order valence-corrected chi connectivity index (χ0v) is 25.6. The van der Waals surface area contributed by atoms with Crippen LogP contribution in [-0.4, -0.2) is 69.3 Å². The van der Waals surface area contributed by atoms with Crippen molar-refractivity contribution in [3.05, 3.63) is 81.9 Å². The van der Waals surface area contributed by atoms with Gasteiger partial charge in [-0.25, -0.2) is 9.97 Å². The summed E-state index contributed by atoms with van der Waals surface area (Å²) in [6, 6.07) is 13.3. The Kier molecular flexibility index (Phi) is 7.77. The first-order valence-electron chi connectivity index (χ1n) is 14.2. The summed E-state index contributed by atoms with van der Waals surface area (Å²) in [5.74, 6) is 1.41. The van der Waals surface area contributed by atoms with E-state index in [2.05, 4.69) is 36.8 Å². The Hall–Kier alpha value is -3.21. The third kappa shape index (κ3) is 5.59. The Balaban J connectivity index is 1.09. The summed E-state index contributed by atoms with van der Waals surface area (Å²) in [4.78, 5) is 16.4. The van der Waals surface area contributed by atoms with Gasteiger partial charge in [0.05, 0.1) is 23.2 Å². The molecule has 2 aromatic carbocycles. The fraction of sp³-hybridized carbons (Fsp3) is 0.323. The number of likely N-dealkylation sites (N-methyl/N-ethyl adjacent to an activating group) is 1. The maximum absolute atomic E-state index is 6.61. The van der Waals surface area contributed by atoms with Gasteiger partial charge in [0.25, 0.3) is 0 Å². The minimum absolute atomic E-state index is 0.408. The van der Waals surface area contributed by atoms with Crippen LogP contribution in [0.25, 0.3) is 20.7 Å². The van der Waals surface area contributed by atoms with Crippen LogP contribution in [-0.2, 0) is 26.0 Å². The zero-order chi connectivity index (χ0) is 28.6. The van der Waals surface area contributed by atoms with Crippen molar-refractivity contribution in [2.45, 2.75) is 26.0 Å². The topological polar surface area (TPSA) is 71.3 Å². The molecule has 2 aliphatic rings. The number of thiophene rings is 1. The zero-order valence-electron chi connectivity index (χ0n) is 23.3. The maximum atomic E-state index is 6.61. The molecule has 1 N–H and O–H groups in total. The van der Waals surface area contributed by atoms with E-state index in [1.54, 1.807) is 17.7 Å². The van der Waals surface area contributed by atoms with Crippen molar-refractivity contribution in [3.8, 4) is 16.2 Å². The molecule has 11 heteroatoms. The molecule has 0 bridgehead atoms. The van der Waals surface area contributed by atoms with Gasteiger partial charge in [0.1, 0.15) is 29.3 Å². The SMILES string of the molecule is CN1CCN(CCn2ncc3c2CCc2c-3sc3ncnc(Nc4ccc(OCc5ccc(Cl)cc5)c(Cl)c4)c23)CC1. The highest BCUT2D eigenvalue weighted by molar-refractivity contribution is 7.22. The van der Waals surface area contributed by atoms with Gasteiger partial charge in [0, 0.05) is 59.6 Å². The molecule has 5 aromatic rings. The van der Waals surface area contributed by atoms with Crippen LogP contribution in [0.15, 0.2) is 55.0 Å². The second-order valence-electron chi connectivity index (χ2n) is 10.9. The average Bonchev–Trinajstić information content (AvgIpc) is 3.59. The van der Waals surface area contributed by atoms with E-state index in [1.807, 2.05) is 48.7 Å². The number of aryl methyl sites for hydroxylation is 1. The lowest BCUT2D eigenvalue weighted by molar-refractivity contribution is 0.148. The van der Waals surface area contributed by atoms with Crippen LogP contribution in [0.3, 0.4) is 0 Å². The predicted molar refractivity (Wildman–Crippen MR) is 170 cm³/mol. The van der Waals surface area contributed by atoms with E-state index in [0.717, 1.165) is 79.4 Å². The monoisotopic (exact) mass is 619 g/mol. The largest absolute Gasteiger partial charge is 0.487 e. The second-order valence-corrected chi connectivity index (χ2v) is 12.7. The molecular formula is C31H31Cl2N7OS. The predicted octanol–water partition coefficient (Wildman–Crippen LogP) is 6.53. The molecule has 3 aromatic heterocycles. The molecule has 7 rings (SSSR count). The maximum Gasteiger partial charge on any atom is 0.142 e. The highest BCUT2D eigenvalue weighted by Gasteiger charge is 2.27. The van der Waals surface area contributed by atoms with Crippen molar-refractivity contribution in [2.24, 2.45) is 0 Å². The Morgan fingerprint density at radius 3 is 2.62 bits per heavy atom. The van der Waals surface area contributed by atoms with Crippen LogP contribution in [0.4, 0.5) is 11.5 Å². The molecule has 0 atom stereocenters. The molecule has 4 heterocycles. The molecule has 8 nitrogen and oxygen atoms in total. The third-order valence-corrected chi connectivity index (χ3v) is 9.84. The van der Waals surface area contributed by atoms with Crippen molar-refractivity contribution >= 4 is 56.3 Å². The van der Waals surface area contributed by atoms with Gasteiger partial charge in [0.2, 0.25) is 0 Å². The van der Waals surface area contributed by atoms with Gasteiger partial charge in [-0.15, -0.1) is 11.3 Å². The van der Waals surface area contributed by atoms with Crippen molar-refractivity contribution < 1.29 is 4.74 Å². The van der Waals surface area contributed by atoms with Crippen LogP contribution in [0.1, 0.15) is 16.8 Å². The standard InChI is InChI=1S/C31H31Cl2N7OS/c1-38-10-12-39(13-11-38)14-15-40-26-8-7-23-28-30(34-19-35-31(28)42-29(23)24(26)17-36-40)37-22-6-9-27(25(33)16-22)41-18-20-2-4-21(32)5-3-20/h2-6,9,16-17,19H,7-8,10-15,18H2,1H3,(H,34,35,37). The van der Waals surface area contributed by atoms with Crippen LogP contribution in [0, 0.1) is 0 Å². The fourth-order valence-corrected chi connectivity index (χ4v) is 7.31. The number of rotatable bonds is 8. The lowest BCUT2D eigenvalue weighted by Crippen LogP contribution is -2.45. The van der Waals surface area contributed by atoms with Gasteiger partial charge >= 0.3 is 0 Å². The normalized spacial score (nSPS) is 15.5. The summed E-state index contributed by atoms with van der Waals surface area (Å²) in [7, 11) is 2.19. The number of nitrogens with zero attached hydrogens (tertiary/aromatic N) is 6. The Labute approximate surface area is 258 Å². The van der Waals surface area contributed by atoms with Crippen LogP contribution in [0.5, 0.6) is 5.75 Å². The van der Waals surface area contributed by atoms with E-state index in [9.17, 15) is 0 Å². The Bertz CT molecular complexity index is 1730. The molecule has 0 radical (unpaired) electrons. The molecule has 1 saturated heterocycles. The molecule has 42 heavy (non-hydrogen) atoms. The number of ether oxygens (including phenoxy) is 1. The summed E-state index contributed by atoms with van der Waals surface area (Å²) in [5.41, 5.74) is 5.71. The molecular weight excluding hydrogens is 589 g/mol. The van der Waals surface area contributed by atoms with Gasteiger partial charge in [-0.1, -0.05) is 35.3 Å². The smallest absolute Gasteiger partial charge is 0.142 e. The molecule has 0 saturated carbocycles. The lowest BCUT2D eigenvalue weighted by Gasteiger charge is -2.32. The number of fused-ring (bicyclic) bond motifs is 5. The van der Waals surface area contributed by atoms with E-state index in [4.69, 9.17) is 33.0 Å². The quantitative estimate of drug-likeness (QED) is 0.212. The third-order valence-electron chi connectivity index (χ3n) is 8.12. The molecule has 216 valence electrons. The van der Waals surface area contributed by atoms with Crippen LogP contribution >= 0.6 is 34.5 Å². The summed E-state index contributed by atoms with van der Waals surface area (Å²) in [6.07, 6.45) is 5.55. The van der Waals surface area contributed by atoms with E-state index in [1.165, 1.54) is 21.7 Å². The van der Waals surface area contributed by atoms with Crippen molar-refractivity contribution in [1.29, 1.82) is 0 Å². The average molecular weight is 621 g/mol.